The summed E-state index contributed by atoms with van der Waals surface area (Å²) in [5.74, 6) is -0.289. The van der Waals surface area contributed by atoms with Crippen LogP contribution >= 0.6 is 11.8 Å². The van der Waals surface area contributed by atoms with Gasteiger partial charge in [-0.1, -0.05) is 54.2 Å². The Kier molecular flexibility index (Phi) is 6.44. The number of fused-ring (bicyclic) bond motifs is 1. The molecule has 31 heavy (non-hydrogen) atoms. The van der Waals surface area contributed by atoms with E-state index in [-0.39, 0.29) is 17.4 Å². The topological polar surface area (TPSA) is 82.8 Å². The van der Waals surface area contributed by atoms with Crippen molar-refractivity contribution >= 4 is 29.1 Å². The van der Waals surface area contributed by atoms with Crippen molar-refractivity contribution in [3.8, 4) is 6.07 Å². The number of nitriles is 1. The molecule has 2 aromatic carbocycles. The molecule has 1 aromatic heterocycles. The maximum absolute atomic E-state index is 12.8. The first-order valence-corrected chi connectivity index (χ1v) is 11.2. The van der Waals surface area contributed by atoms with E-state index in [0.29, 0.717) is 27.4 Å². The normalized spacial score (nSPS) is 12.5. The summed E-state index contributed by atoms with van der Waals surface area (Å²) >= 11 is 1.25. The van der Waals surface area contributed by atoms with Gasteiger partial charge >= 0.3 is 0 Å². The predicted molar refractivity (Wildman–Crippen MR) is 121 cm³/mol. The van der Waals surface area contributed by atoms with Crippen LogP contribution < -0.4 is 5.32 Å². The summed E-state index contributed by atoms with van der Waals surface area (Å²) in [6, 6.07) is 20.1. The number of rotatable bonds is 6. The van der Waals surface area contributed by atoms with E-state index < -0.39 is 0 Å². The van der Waals surface area contributed by atoms with Gasteiger partial charge in [0.2, 0.25) is 5.91 Å². The number of thioether (sulfide) groups is 1. The number of benzene rings is 2. The van der Waals surface area contributed by atoms with Crippen molar-refractivity contribution in [3.63, 3.8) is 0 Å². The lowest BCUT2D eigenvalue weighted by Crippen LogP contribution is -2.17. The van der Waals surface area contributed by atoms with Crippen LogP contribution in [0, 0.1) is 11.3 Å². The van der Waals surface area contributed by atoms with Crippen molar-refractivity contribution in [1.82, 2.24) is 4.98 Å². The highest BCUT2D eigenvalue weighted by molar-refractivity contribution is 8.00. The number of pyridine rings is 1. The minimum atomic E-state index is -0.248. The molecule has 1 N–H and O–H groups in total. The van der Waals surface area contributed by atoms with E-state index in [0.717, 1.165) is 36.9 Å². The van der Waals surface area contributed by atoms with Gasteiger partial charge in [-0.3, -0.25) is 9.59 Å². The van der Waals surface area contributed by atoms with E-state index in [2.05, 4.69) is 16.4 Å². The Morgan fingerprint density at radius 1 is 1.03 bits per heavy atom. The molecule has 0 bridgehead atoms. The zero-order valence-electron chi connectivity index (χ0n) is 16.9. The smallest absolute Gasteiger partial charge is 0.234 e. The molecule has 0 saturated heterocycles. The molecule has 3 aromatic rings. The van der Waals surface area contributed by atoms with Crippen molar-refractivity contribution in [1.29, 1.82) is 5.26 Å². The SMILES string of the molecule is N#Cc1cc2c(nc1SCC(=O)Nc1ccccc1C(=O)c1ccccc1)CCCC2. The Hall–Kier alpha value is -3.43. The molecule has 0 fully saturated rings. The molecule has 5 nitrogen and oxygen atoms in total. The molecule has 6 heteroatoms. The fraction of sp³-hybridized carbons (Fsp3) is 0.200. The molecule has 0 spiro atoms. The average Bonchev–Trinajstić information content (AvgIpc) is 2.82. The number of hydrogen-bond acceptors (Lipinski definition) is 5. The van der Waals surface area contributed by atoms with Crippen molar-refractivity contribution in [2.24, 2.45) is 0 Å². The van der Waals surface area contributed by atoms with Gasteiger partial charge in [-0.05, 0) is 49.4 Å². The predicted octanol–water partition coefficient (Wildman–Crippen LogP) is 4.79. The third-order valence-corrected chi connectivity index (χ3v) is 6.20. The van der Waals surface area contributed by atoms with E-state index in [9.17, 15) is 14.9 Å². The molecular weight excluding hydrogens is 406 g/mol. The number of carbonyl (C=O) groups is 2. The largest absolute Gasteiger partial charge is 0.325 e. The zero-order chi connectivity index (χ0) is 21.6. The number of nitrogens with one attached hydrogen (secondary N) is 1. The Labute approximate surface area is 185 Å². The van der Waals surface area contributed by atoms with Gasteiger partial charge in [-0.25, -0.2) is 4.98 Å². The maximum Gasteiger partial charge on any atom is 0.234 e. The molecule has 0 unspecified atom stereocenters. The van der Waals surface area contributed by atoms with Crippen LogP contribution in [-0.4, -0.2) is 22.4 Å². The van der Waals surface area contributed by atoms with E-state index in [1.54, 1.807) is 36.4 Å². The highest BCUT2D eigenvalue weighted by Gasteiger charge is 2.18. The van der Waals surface area contributed by atoms with Crippen molar-refractivity contribution < 1.29 is 9.59 Å². The van der Waals surface area contributed by atoms with E-state index in [1.165, 1.54) is 11.8 Å². The Balaban J connectivity index is 1.47. The van der Waals surface area contributed by atoms with Gasteiger partial charge in [0.25, 0.3) is 0 Å². The van der Waals surface area contributed by atoms with Crippen LogP contribution in [0.15, 0.2) is 65.7 Å². The van der Waals surface area contributed by atoms with Gasteiger partial charge in [0.1, 0.15) is 11.1 Å². The second-order valence-electron chi connectivity index (χ2n) is 7.34. The van der Waals surface area contributed by atoms with Gasteiger partial charge in [0.15, 0.2) is 5.78 Å². The van der Waals surface area contributed by atoms with Crippen LogP contribution in [0.5, 0.6) is 0 Å². The summed E-state index contributed by atoms with van der Waals surface area (Å²) in [4.78, 5) is 30.1. The minimum absolute atomic E-state index is 0.105. The lowest BCUT2D eigenvalue weighted by Gasteiger charge is -2.16. The summed E-state index contributed by atoms with van der Waals surface area (Å²) in [6.45, 7) is 0. The molecule has 154 valence electrons. The molecule has 1 aliphatic rings. The second-order valence-corrected chi connectivity index (χ2v) is 8.31. The van der Waals surface area contributed by atoms with Crippen LogP contribution in [0.1, 0.15) is 45.6 Å². The molecule has 4 rings (SSSR count). The van der Waals surface area contributed by atoms with Crippen LogP contribution in [-0.2, 0) is 17.6 Å². The number of hydrogen-bond donors (Lipinski definition) is 1. The number of aromatic nitrogens is 1. The van der Waals surface area contributed by atoms with Gasteiger partial charge in [0, 0.05) is 16.8 Å². The highest BCUT2D eigenvalue weighted by atomic mass is 32.2. The Bertz CT molecular complexity index is 1170. The van der Waals surface area contributed by atoms with Crippen molar-refractivity contribution in [2.75, 3.05) is 11.1 Å². The molecule has 0 radical (unpaired) electrons. The first-order valence-electron chi connectivity index (χ1n) is 10.2. The number of para-hydroxylation sites is 1. The lowest BCUT2D eigenvalue weighted by atomic mass is 9.95. The molecule has 1 heterocycles. The third-order valence-electron chi connectivity index (χ3n) is 5.21. The zero-order valence-corrected chi connectivity index (χ0v) is 17.7. The van der Waals surface area contributed by atoms with Crippen LogP contribution in [0.3, 0.4) is 0 Å². The Morgan fingerprint density at radius 3 is 2.58 bits per heavy atom. The third kappa shape index (κ3) is 4.84. The summed E-state index contributed by atoms with van der Waals surface area (Å²) in [6.07, 6.45) is 4.09. The fourth-order valence-corrected chi connectivity index (χ4v) is 4.43. The molecule has 1 amide bonds. The number of ketones is 1. The minimum Gasteiger partial charge on any atom is -0.325 e. The Morgan fingerprint density at radius 2 is 1.77 bits per heavy atom. The van der Waals surface area contributed by atoms with Crippen molar-refractivity contribution in [3.05, 3.63) is 88.6 Å². The standard InChI is InChI=1S/C25H21N3O2S/c26-15-19-14-18-10-4-6-12-21(18)28-25(19)31-16-23(29)27-22-13-7-5-11-20(22)24(30)17-8-2-1-3-9-17/h1-3,5,7-9,11,13-14H,4,6,10,12,16H2,(H,27,29). The molecular formula is C25H21N3O2S. The quantitative estimate of drug-likeness (QED) is 0.452. The number of anilines is 1. The van der Waals surface area contributed by atoms with Crippen LogP contribution in [0.2, 0.25) is 0 Å². The maximum atomic E-state index is 12.8. The fourth-order valence-electron chi connectivity index (χ4n) is 3.66. The number of aryl methyl sites for hydroxylation is 2. The molecule has 0 aliphatic heterocycles. The van der Waals surface area contributed by atoms with Crippen molar-refractivity contribution in [2.45, 2.75) is 30.7 Å². The average molecular weight is 428 g/mol. The van der Waals surface area contributed by atoms with E-state index in [4.69, 9.17) is 0 Å². The second kappa shape index (κ2) is 9.59. The molecule has 0 atom stereocenters. The number of carbonyl (C=O) groups excluding carboxylic acids is 2. The van der Waals surface area contributed by atoms with Crippen LogP contribution in [0.25, 0.3) is 0 Å². The first-order chi connectivity index (χ1) is 15.2. The van der Waals surface area contributed by atoms with E-state index >= 15 is 0 Å². The van der Waals surface area contributed by atoms with Gasteiger partial charge in [-0.2, -0.15) is 5.26 Å². The first kappa shape index (κ1) is 20.8. The van der Waals surface area contributed by atoms with Gasteiger partial charge in [0.05, 0.1) is 17.0 Å². The molecule has 0 saturated carbocycles. The number of amides is 1. The van der Waals surface area contributed by atoms with Gasteiger partial charge < -0.3 is 5.32 Å². The lowest BCUT2D eigenvalue weighted by molar-refractivity contribution is -0.113. The summed E-state index contributed by atoms with van der Waals surface area (Å²) in [5, 5.41) is 12.9. The number of nitrogens with zero attached hydrogens (tertiary/aromatic N) is 2. The summed E-state index contributed by atoms with van der Waals surface area (Å²) in [5.41, 5.74) is 4.17. The van der Waals surface area contributed by atoms with Gasteiger partial charge in [-0.15, -0.1) is 0 Å². The van der Waals surface area contributed by atoms with Crippen LogP contribution in [0.4, 0.5) is 5.69 Å². The molecule has 1 aliphatic carbocycles. The summed E-state index contributed by atoms with van der Waals surface area (Å²) < 4.78 is 0. The summed E-state index contributed by atoms with van der Waals surface area (Å²) in [7, 11) is 0. The monoisotopic (exact) mass is 427 g/mol. The highest BCUT2D eigenvalue weighted by Crippen LogP contribution is 2.27. The van der Waals surface area contributed by atoms with E-state index in [1.807, 2.05) is 24.3 Å².